The number of thioether (sulfide) groups is 1. The molecule has 3 aromatic heterocycles. The first kappa shape index (κ1) is 19.8. The van der Waals surface area contributed by atoms with Crippen molar-refractivity contribution in [3.05, 3.63) is 58.4 Å². The molecule has 0 saturated carbocycles. The molecule has 4 rings (SSSR count). The average molecular weight is 443 g/mol. The van der Waals surface area contributed by atoms with Crippen LogP contribution in [0.4, 0.5) is 10.8 Å². The maximum atomic E-state index is 12.4. The smallest absolute Gasteiger partial charge is 0.277 e. The van der Waals surface area contributed by atoms with Crippen LogP contribution < -0.4 is 4.90 Å². The average Bonchev–Trinajstić information content (AvgIpc) is 3.48. The van der Waals surface area contributed by atoms with Crippen molar-refractivity contribution in [3.8, 4) is 10.8 Å². The van der Waals surface area contributed by atoms with E-state index in [0.29, 0.717) is 22.0 Å². The summed E-state index contributed by atoms with van der Waals surface area (Å²) in [6.45, 7) is 3.64. The van der Waals surface area contributed by atoms with Gasteiger partial charge in [0.2, 0.25) is 5.91 Å². The summed E-state index contributed by atoms with van der Waals surface area (Å²) in [4.78, 5) is 19.7. The van der Waals surface area contributed by atoms with Gasteiger partial charge in [-0.25, -0.2) is 4.98 Å². The second kappa shape index (κ2) is 8.89. The minimum absolute atomic E-state index is 0.0584. The molecule has 0 aliphatic rings. The van der Waals surface area contributed by atoms with Gasteiger partial charge >= 0.3 is 0 Å². The van der Waals surface area contributed by atoms with Crippen molar-refractivity contribution in [2.24, 2.45) is 0 Å². The fourth-order valence-corrected chi connectivity index (χ4v) is 5.09. The second-order valence-electron chi connectivity index (χ2n) is 6.10. The highest BCUT2D eigenvalue weighted by Crippen LogP contribution is 2.33. The highest BCUT2D eigenvalue weighted by Gasteiger charge is 2.20. The van der Waals surface area contributed by atoms with E-state index in [9.17, 15) is 4.79 Å². The molecule has 1 aromatic carbocycles. The molecule has 0 unspecified atom stereocenters. The van der Waals surface area contributed by atoms with Gasteiger partial charge in [-0.05, 0) is 29.5 Å². The lowest BCUT2D eigenvalue weighted by molar-refractivity contribution is -0.115. The van der Waals surface area contributed by atoms with Crippen LogP contribution in [0.3, 0.4) is 0 Å². The Morgan fingerprint density at radius 2 is 2.03 bits per heavy atom. The summed E-state index contributed by atoms with van der Waals surface area (Å²) < 4.78 is 5.70. The number of rotatable bonds is 7. The van der Waals surface area contributed by atoms with Crippen LogP contribution in [0.15, 0.2) is 56.8 Å². The van der Waals surface area contributed by atoms with Gasteiger partial charge in [-0.15, -0.1) is 32.9 Å². The van der Waals surface area contributed by atoms with E-state index in [1.807, 2.05) is 47.2 Å². The van der Waals surface area contributed by atoms with Crippen LogP contribution in [0.1, 0.15) is 25.1 Å². The largest absolute Gasteiger partial charge is 0.410 e. The van der Waals surface area contributed by atoms with Gasteiger partial charge < -0.3 is 4.42 Å². The van der Waals surface area contributed by atoms with Gasteiger partial charge in [-0.2, -0.15) is 0 Å². The highest BCUT2D eigenvalue weighted by molar-refractivity contribution is 7.98. The predicted molar refractivity (Wildman–Crippen MR) is 118 cm³/mol. The quantitative estimate of drug-likeness (QED) is 0.337. The molecule has 4 aromatic rings. The van der Waals surface area contributed by atoms with Crippen molar-refractivity contribution in [3.63, 3.8) is 0 Å². The maximum absolute atomic E-state index is 12.4. The third kappa shape index (κ3) is 4.42. The van der Waals surface area contributed by atoms with Crippen LogP contribution in [0.2, 0.25) is 0 Å². The first-order valence-electron chi connectivity index (χ1n) is 8.99. The number of aryl methyl sites for hydroxylation is 1. The summed E-state index contributed by atoms with van der Waals surface area (Å²) in [6, 6.07) is 11.8. The number of anilines is 2. The Bertz CT molecular complexity index is 1100. The van der Waals surface area contributed by atoms with Crippen LogP contribution in [0.5, 0.6) is 0 Å². The van der Waals surface area contributed by atoms with E-state index in [0.717, 1.165) is 28.2 Å². The van der Waals surface area contributed by atoms with Crippen molar-refractivity contribution in [2.75, 3.05) is 4.90 Å². The zero-order valence-corrected chi connectivity index (χ0v) is 18.3. The minimum atomic E-state index is -0.0584. The van der Waals surface area contributed by atoms with E-state index in [1.54, 1.807) is 23.2 Å². The number of amides is 1. The molecule has 9 heteroatoms. The minimum Gasteiger partial charge on any atom is -0.410 e. The normalized spacial score (nSPS) is 11.0. The Kier molecular flexibility index (Phi) is 6.08. The number of carbonyl (C=O) groups is 1. The zero-order chi connectivity index (χ0) is 20.2. The summed E-state index contributed by atoms with van der Waals surface area (Å²) in [5.74, 6) is 1.06. The van der Waals surface area contributed by atoms with Crippen LogP contribution in [-0.4, -0.2) is 21.1 Å². The molecule has 0 fully saturated rings. The van der Waals surface area contributed by atoms with E-state index in [2.05, 4.69) is 22.1 Å². The van der Waals surface area contributed by atoms with Gasteiger partial charge in [0.25, 0.3) is 11.1 Å². The third-order valence-corrected chi connectivity index (χ3v) is 6.73. The van der Waals surface area contributed by atoms with Gasteiger partial charge in [0.1, 0.15) is 0 Å². The number of para-hydroxylation sites is 1. The molecule has 0 aliphatic heterocycles. The molecule has 148 valence electrons. The van der Waals surface area contributed by atoms with Crippen LogP contribution >= 0.6 is 34.4 Å². The lowest BCUT2D eigenvalue weighted by atomic mass is 10.1. The van der Waals surface area contributed by atoms with Crippen molar-refractivity contribution in [1.29, 1.82) is 0 Å². The van der Waals surface area contributed by atoms with Crippen molar-refractivity contribution < 1.29 is 9.21 Å². The molecule has 0 N–H and O–H groups in total. The van der Waals surface area contributed by atoms with E-state index in [1.165, 1.54) is 23.1 Å². The summed E-state index contributed by atoms with van der Waals surface area (Å²) in [5, 5.41) is 13.3. The Labute approximate surface area is 180 Å². The van der Waals surface area contributed by atoms with Crippen molar-refractivity contribution in [1.82, 2.24) is 15.2 Å². The van der Waals surface area contributed by atoms with Gasteiger partial charge in [0.15, 0.2) is 5.13 Å². The van der Waals surface area contributed by atoms with Crippen LogP contribution in [0, 0.1) is 0 Å². The zero-order valence-electron chi connectivity index (χ0n) is 15.9. The van der Waals surface area contributed by atoms with E-state index >= 15 is 0 Å². The molecular weight excluding hydrogens is 424 g/mol. The number of benzene rings is 1. The van der Waals surface area contributed by atoms with Gasteiger partial charge in [-0.1, -0.05) is 43.0 Å². The topological polar surface area (TPSA) is 72.1 Å². The third-order valence-electron chi connectivity index (χ3n) is 4.14. The molecule has 0 spiro atoms. The van der Waals surface area contributed by atoms with Crippen molar-refractivity contribution in [2.45, 2.75) is 31.2 Å². The number of nitrogens with zero attached hydrogens (tertiary/aromatic N) is 4. The molecule has 29 heavy (non-hydrogen) atoms. The molecule has 1 amide bonds. The number of aromatic nitrogens is 3. The summed E-state index contributed by atoms with van der Waals surface area (Å²) >= 11 is 4.45. The Morgan fingerprint density at radius 1 is 1.17 bits per heavy atom. The maximum Gasteiger partial charge on any atom is 0.277 e. The predicted octanol–water partition coefficient (Wildman–Crippen LogP) is 5.79. The van der Waals surface area contributed by atoms with Gasteiger partial charge in [-0.3, -0.25) is 9.69 Å². The Hall–Kier alpha value is -2.49. The fourth-order valence-electron chi connectivity index (χ4n) is 2.80. The van der Waals surface area contributed by atoms with Crippen LogP contribution in [0.25, 0.3) is 10.8 Å². The Morgan fingerprint density at radius 3 is 2.79 bits per heavy atom. The summed E-state index contributed by atoms with van der Waals surface area (Å²) in [6.07, 6.45) is 0.845. The summed E-state index contributed by atoms with van der Waals surface area (Å²) in [7, 11) is 0. The van der Waals surface area contributed by atoms with E-state index in [4.69, 9.17) is 4.42 Å². The number of hydrogen-bond donors (Lipinski definition) is 0. The molecule has 0 radical (unpaired) electrons. The SMILES string of the molecule is CCc1ccccc1N(C(C)=O)c1nc(CSc2nnc(-c3cccs3)o2)cs1. The molecule has 6 nitrogen and oxygen atoms in total. The van der Waals surface area contributed by atoms with Crippen molar-refractivity contribution >= 4 is 51.2 Å². The second-order valence-corrected chi connectivity index (χ2v) is 8.81. The molecular formula is C20H18N4O2S3. The summed E-state index contributed by atoms with van der Waals surface area (Å²) in [5.41, 5.74) is 2.86. The Balaban J connectivity index is 1.49. The van der Waals surface area contributed by atoms with Crippen LogP contribution in [-0.2, 0) is 17.0 Å². The molecule has 0 saturated heterocycles. The molecule has 0 bridgehead atoms. The lowest BCUT2D eigenvalue weighted by Crippen LogP contribution is -2.23. The standard InChI is InChI=1S/C20H18N4O2S3/c1-3-14-7-4-5-8-16(14)24(13(2)25)19-21-15(11-28-19)12-29-20-23-22-18(26-20)17-9-6-10-27-17/h4-11H,3,12H2,1-2H3. The number of carbonyl (C=O) groups excluding carboxylic acids is 1. The molecule has 0 atom stereocenters. The molecule has 3 heterocycles. The van der Waals surface area contributed by atoms with Gasteiger partial charge in [0.05, 0.1) is 16.3 Å². The highest BCUT2D eigenvalue weighted by atomic mass is 32.2. The van der Waals surface area contributed by atoms with E-state index < -0.39 is 0 Å². The monoisotopic (exact) mass is 442 g/mol. The van der Waals surface area contributed by atoms with E-state index in [-0.39, 0.29) is 5.91 Å². The number of thiophene rings is 1. The van der Waals surface area contributed by atoms with Gasteiger partial charge in [0, 0.05) is 18.1 Å². The fraction of sp³-hybridized carbons (Fsp3) is 0.200. The first-order chi connectivity index (χ1) is 14.2. The molecule has 0 aliphatic carbocycles. The lowest BCUT2D eigenvalue weighted by Gasteiger charge is -2.20. The number of thiazole rings is 1. The first-order valence-corrected chi connectivity index (χ1v) is 11.7. The number of hydrogen-bond acceptors (Lipinski definition) is 8.